The highest BCUT2D eigenvalue weighted by Crippen LogP contribution is 2.11. The van der Waals surface area contributed by atoms with Crippen molar-refractivity contribution >= 4 is 11.6 Å². The summed E-state index contributed by atoms with van der Waals surface area (Å²) in [6, 6.07) is 10.5. The van der Waals surface area contributed by atoms with Crippen LogP contribution in [0.25, 0.3) is 0 Å². The maximum Gasteiger partial charge on any atom is 0.193 e. The average molecular weight is 288 g/mol. The molecule has 0 unspecified atom stereocenters. The predicted molar refractivity (Wildman–Crippen MR) is 91.1 cm³/mol. The van der Waals surface area contributed by atoms with Crippen molar-refractivity contribution in [2.45, 2.75) is 26.2 Å². The molecule has 0 atom stereocenters. The Morgan fingerprint density at radius 2 is 1.95 bits per heavy atom. The van der Waals surface area contributed by atoms with Crippen molar-refractivity contribution in [2.75, 3.05) is 44.7 Å². The number of rotatable bonds is 6. The number of nitrogens with one attached hydrogen (secondary N) is 1. The van der Waals surface area contributed by atoms with Gasteiger partial charge in [-0.3, -0.25) is 4.99 Å². The van der Waals surface area contributed by atoms with Crippen molar-refractivity contribution in [1.82, 2.24) is 10.2 Å². The standard InChI is InChI=1S/C17H28N4/c1-3-18-17(21-14-7-8-15-21)19-12-9-13-20(2)16-10-5-4-6-11-16/h4-6,10-11H,3,7-9,12-15H2,1-2H3,(H,18,19). The second-order valence-corrected chi connectivity index (χ2v) is 5.54. The third-order valence-corrected chi connectivity index (χ3v) is 3.85. The van der Waals surface area contributed by atoms with Gasteiger partial charge < -0.3 is 15.1 Å². The third kappa shape index (κ3) is 4.96. The number of hydrogen-bond donors (Lipinski definition) is 1. The van der Waals surface area contributed by atoms with Crippen LogP contribution >= 0.6 is 0 Å². The number of guanidine groups is 1. The van der Waals surface area contributed by atoms with Gasteiger partial charge in [-0.25, -0.2) is 0 Å². The average Bonchev–Trinajstić information content (AvgIpc) is 3.05. The monoisotopic (exact) mass is 288 g/mol. The second-order valence-electron chi connectivity index (χ2n) is 5.54. The van der Waals surface area contributed by atoms with Gasteiger partial charge in [-0.15, -0.1) is 0 Å². The first-order valence-corrected chi connectivity index (χ1v) is 8.10. The van der Waals surface area contributed by atoms with Crippen LogP contribution in [-0.2, 0) is 0 Å². The molecule has 116 valence electrons. The number of benzene rings is 1. The van der Waals surface area contributed by atoms with Crippen molar-refractivity contribution < 1.29 is 0 Å². The highest BCUT2D eigenvalue weighted by atomic mass is 15.3. The smallest absolute Gasteiger partial charge is 0.193 e. The molecule has 0 saturated carbocycles. The fraction of sp³-hybridized carbons (Fsp3) is 0.588. The Balaban J connectivity index is 1.77. The van der Waals surface area contributed by atoms with Crippen LogP contribution in [0.4, 0.5) is 5.69 Å². The Labute approximate surface area is 128 Å². The minimum atomic E-state index is 0.885. The molecule has 4 heteroatoms. The van der Waals surface area contributed by atoms with E-state index in [1.165, 1.54) is 18.5 Å². The topological polar surface area (TPSA) is 30.9 Å². The summed E-state index contributed by atoms with van der Waals surface area (Å²) in [5, 5.41) is 3.41. The Kier molecular flexibility index (Phi) is 6.38. The summed E-state index contributed by atoms with van der Waals surface area (Å²) in [6.07, 6.45) is 3.66. The fourth-order valence-electron chi connectivity index (χ4n) is 2.66. The van der Waals surface area contributed by atoms with Crippen molar-refractivity contribution in [1.29, 1.82) is 0 Å². The summed E-state index contributed by atoms with van der Waals surface area (Å²) in [4.78, 5) is 9.44. The predicted octanol–water partition coefficient (Wildman–Crippen LogP) is 2.57. The molecule has 0 aliphatic carbocycles. The summed E-state index contributed by atoms with van der Waals surface area (Å²) in [5.74, 6) is 1.09. The van der Waals surface area contributed by atoms with E-state index in [0.717, 1.165) is 45.1 Å². The van der Waals surface area contributed by atoms with Gasteiger partial charge in [0.15, 0.2) is 5.96 Å². The highest BCUT2D eigenvalue weighted by molar-refractivity contribution is 5.80. The maximum absolute atomic E-state index is 4.77. The number of anilines is 1. The van der Waals surface area contributed by atoms with E-state index in [4.69, 9.17) is 4.99 Å². The molecule has 0 radical (unpaired) electrons. The molecular weight excluding hydrogens is 260 g/mol. The van der Waals surface area contributed by atoms with Gasteiger partial charge in [0.25, 0.3) is 0 Å². The SMILES string of the molecule is CCNC(=NCCCN(C)c1ccccc1)N1CCCC1. The Morgan fingerprint density at radius 3 is 2.62 bits per heavy atom. The second kappa shape index (κ2) is 8.55. The molecule has 0 aromatic heterocycles. The Hall–Kier alpha value is -1.71. The lowest BCUT2D eigenvalue weighted by Crippen LogP contribution is -2.39. The van der Waals surface area contributed by atoms with E-state index in [9.17, 15) is 0 Å². The van der Waals surface area contributed by atoms with Gasteiger partial charge in [0.1, 0.15) is 0 Å². The Morgan fingerprint density at radius 1 is 1.24 bits per heavy atom. The third-order valence-electron chi connectivity index (χ3n) is 3.85. The Bertz CT molecular complexity index is 424. The van der Waals surface area contributed by atoms with Gasteiger partial charge in [0, 0.05) is 45.5 Å². The molecule has 0 spiro atoms. The largest absolute Gasteiger partial charge is 0.375 e. The van der Waals surface area contributed by atoms with Crippen molar-refractivity contribution in [3.63, 3.8) is 0 Å². The van der Waals surface area contributed by atoms with Gasteiger partial charge >= 0.3 is 0 Å². The normalized spacial score (nSPS) is 15.3. The van der Waals surface area contributed by atoms with E-state index >= 15 is 0 Å². The first-order valence-electron chi connectivity index (χ1n) is 8.10. The summed E-state index contributed by atoms with van der Waals surface area (Å²) in [5.41, 5.74) is 1.27. The molecule has 4 nitrogen and oxygen atoms in total. The molecule has 2 rings (SSSR count). The minimum absolute atomic E-state index is 0.885. The molecule has 21 heavy (non-hydrogen) atoms. The van der Waals surface area contributed by atoms with Crippen LogP contribution in [0.15, 0.2) is 35.3 Å². The number of hydrogen-bond acceptors (Lipinski definition) is 2. The molecule has 0 amide bonds. The van der Waals surface area contributed by atoms with Crippen LogP contribution in [0.2, 0.25) is 0 Å². The highest BCUT2D eigenvalue weighted by Gasteiger charge is 2.15. The van der Waals surface area contributed by atoms with E-state index in [-0.39, 0.29) is 0 Å². The van der Waals surface area contributed by atoms with Crippen LogP contribution in [0.1, 0.15) is 26.2 Å². The van der Waals surface area contributed by atoms with Gasteiger partial charge in [-0.2, -0.15) is 0 Å². The van der Waals surface area contributed by atoms with Crippen LogP contribution in [-0.4, -0.2) is 50.6 Å². The summed E-state index contributed by atoms with van der Waals surface area (Å²) < 4.78 is 0. The van der Waals surface area contributed by atoms with Crippen molar-refractivity contribution in [2.24, 2.45) is 4.99 Å². The molecule has 1 heterocycles. The van der Waals surface area contributed by atoms with E-state index in [2.05, 4.69) is 59.4 Å². The number of aliphatic imine (C=N–C) groups is 1. The van der Waals surface area contributed by atoms with E-state index in [1.54, 1.807) is 0 Å². The lowest BCUT2D eigenvalue weighted by atomic mass is 10.3. The van der Waals surface area contributed by atoms with E-state index < -0.39 is 0 Å². The summed E-state index contributed by atoms with van der Waals surface area (Å²) in [7, 11) is 2.14. The molecule has 0 bridgehead atoms. The lowest BCUT2D eigenvalue weighted by Gasteiger charge is -2.21. The molecule has 1 aromatic rings. The molecule has 1 fully saturated rings. The van der Waals surface area contributed by atoms with Crippen molar-refractivity contribution in [3.8, 4) is 0 Å². The van der Waals surface area contributed by atoms with Crippen molar-refractivity contribution in [3.05, 3.63) is 30.3 Å². The minimum Gasteiger partial charge on any atom is -0.375 e. The van der Waals surface area contributed by atoms with Gasteiger partial charge in [0.2, 0.25) is 0 Å². The van der Waals surface area contributed by atoms with E-state index in [1.807, 2.05) is 0 Å². The molecular formula is C17H28N4. The number of nitrogens with zero attached hydrogens (tertiary/aromatic N) is 3. The zero-order valence-electron chi connectivity index (χ0n) is 13.4. The van der Waals surface area contributed by atoms with Gasteiger partial charge in [0.05, 0.1) is 0 Å². The van der Waals surface area contributed by atoms with E-state index in [0.29, 0.717) is 0 Å². The molecule has 1 saturated heterocycles. The summed E-state index contributed by atoms with van der Waals surface area (Å²) in [6.45, 7) is 7.29. The lowest BCUT2D eigenvalue weighted by molar-refractivity contribution is 0.493. The number of para-hydroxylation sites is 1. The quantitative estimate of drug-likeness (QED) is 0.496. The van der Waals surface area contributed by atoms with Crippen LogP contribution in [0.5, 0.6) is 0 Å². The molecule has 1 aliphatic heterocycles. The van der Waals surface area contributed by atoms with Crippen LogP contribution in [0.3, 0.4) is 0 Å². The van der Waals surface area contributed by atoms with Crippen LogP contribution < -0.4 is 10.2 Å². The first kappa shape index (κ1) is 15.7. The first-order chi connectivity index (χ1) is 10.3. The zero-order chi connectivity index (χ0) is 14.9. The molecule has 1 aromatic carbocycles. The van der Waals surface area contributed by atoms with Gasteiger partial charge in [-0.05, 0) is 38.3 Å². The molecule has 1 aliphatic rings. The molecule has 1 N–H and O–H groups in total. The zero-order valence-corrected chi connectivity index (χ0v) is 13.4. The van der Waals surface area contributed by atoms with Gasteiger partial charge in [-0.1, -0.05) is 18.2 Å². The maximum atomic E-state index is 4.77. The fourth-order valence-corrected chi connectivity index (χ4v) is 2.66. The number of likely N-dealkylation sites (tertiary alicyclic amines) is 1. The summed E-state index contributed by atoms with van der Waals surface area (Å²) >= 11 is 0. The van der Waals surface area contributed by atoms with Crippen LogP contribution in [0, 0.1) is 0 Å².